The highest BCUT2D eigenvalue weighted by Gasteiger charge is 2.17. The summed E-state index contributed by atoms with van der Waals surface area (Å²) in [7, 11) is 3.15. The number of fused-ring (bicyclic) bond motifs is 1. The number of hydrogen-bond acceptors (Lipinski definition) is 4. The van der Waals surface area contributed by atoms with Crippen LogP contribution >= 0.6 is 0 Å². The Balaban J connectivity index is 1.80. The first-order valence-electron chi connectivity index (χ1n) is 7.30. The predicted molar refractivity (Wildman–Crippen MR) is 82.7 cm³/mol. The Kier molecular flexibility index (Phi) is 4.00. The Morgan fingerprint density at radius 2 is 1.91 bits per heavy atom. The maximum atomic E-state index is 12.4. The van der Waals surface area contributed by atoms with E-state index in [4.69, 9.17) is 9.47 Å². The molecule has 2 aromatic rings. The zero-order valence-electron chi connectivity index (χ0n) is 12.8. The molecule has 3 rings (SSSR count). The molecule has 6 nitrogen and oxygen atoms in total. The Morgan fingerprint density at radius 3 is 2.55 bits per heavy atom. The molecule has 1 aromatic carbocycles. The number of nitrogens with zero attached hydrogens (tertiary/aromatic N) is 2. The van der Waals surface area contributed by atoms with Crippen LogP contribution in [0, 0.1) is 0 Å². The number of carbonyl (C=O) groups is 1. The van der Waals surface area contributed by atoms with Crippen molar-refractivity contribution in [1.29, 1.82) is 0 Å². The molecule has 0 bridgehead atoms. The predicted octanol–water partition coefficient (Wildman–Crippen LogP) is 2.49. The van der Waals surface area contributed by atoms with Crippen LogP contribution in [0.1, 0.15) is 29.2 Å². The average molecular weight is 301 g/mol. The molecular formula is C16H19N3O3. The van der Waals surface area contributed by atoms with Gasteiger partial charge in [0, 0.05) is 43.0 Å². The van der Waals surface area contributed by atoms with Crippen LogP contribution in [0.15, 0.2) is 24.4 Å². The zero-order chi connectivity index (χ0) is 15.5. The number of hydrogen-bond donors (Lipinski definition) is 1. The lowest BCUT2D eigenvalue weighted by atomic mass is 10.2. The fraction of sp³-hybridized carbons (Fsp3) is 0.375. The Bertz CT molecular complexity index is 648. The molecule has 1 amide bonds. The van der Waals surface area contributed by atoms with Gasteiger partial charge >= 0.3 is 0 Å². The van der Waals surface area contributed by atoms with Crippen molar-refractivity contribution in [2.75, 3.05) is 19.5 Å². The minimum absolute atomic E-state index is 0.225. The molecule has 0 fully saturated rings. The number of methoxy groups -OCH3 is 2. The molecule has 0 spiro atoms. The van der Waals surface area contributed by atoms with Crippen LogP contribution in [0.3, 0.4) is 0 Å². The summed E-state index contributed by atoms with van der Waals surface area (Å²) in [6.07, 6.45) is 5.02. The number of carbonyl (C=O) groups excluding carboxylic acids is 1. The van der Waals surface area contributed by atoms with Crippen molar-refractivity contribution in [3.05, 3.63) is 35.9 Å². The van der Waals surface area contributed by atoms with Gasteiger partial charge in [-0.1, -0.05) is 0 Å². The summed E-state index contributed by atoms with van der Waals surface area (Å²) in [5.74, 6) is 2.01. The molecule has 0 radical (unpaired) electrons. The van der Waals surface area contributed by atoms with Crippen molar-refractivity contribution in [3.8, 4) is 11.5 Å². The van der Waals surface area contributed by atoms with Gasteiger partial charge in [-0.3, -0.25) is 4.79 Å². The number of nitrogens with one attached hydrogen (secondary N) is 1. The van der Waals surface area contributed by atoms with E-state index in [0.717, 1.165) is 31.6 Å². The summed E-state index contributed by atoms with van der Waals surface area (Å²) in [5.41, 5.74) is 1.06. The van der Waals surface area contributed by atoms with E-state index in [-0.39, 0.29) is 5.91 Å². The van der Waals surface area contributed by atoms with Crippen molar-refractivity contribution in [2.45, 2.75) is 25.8 Å². The summed E-state index contributed by atoms with van der Waals surface area (Å²) >= 11 is 0. The van der Waals surface area contributed by atoms with Crippen molar-refractivity contribution >= 4 is 11.6 Å². The van der Waals surface area contributed by atoms with Crippen LogP contribution in [0.5, 0.6) is 11.5 Å². The minimum atomic E-state index is -0.225. The van der Waals surface area contributed by atoms with Gasteiger partial charge in [-0.2, -0.15) is 0 Å². The van der Waals surface area contributed by atoms with Crippen LogP contribution in [0.4, 0.5) is 5.69 Å². The van der Waals surface area contributed by atoms with Gasteiger partial charge < -0.3 is 19.4 Å². The highest BCUT2D eigenvalue weighted by Crippen LogP contribution is 2.26. The Hall–Kier alpha value is -2.50. The molecule has 22 heavy (non-hydrogen) atoms. The first-order chi connectivity index (χ1) is 10.7. The third kappa shape index (κ3) is 2.90. The molecule has 6 heteroatoms. The van der Waals surface area contributed by atoms with E-state index in [1.54, 1.807) is 32.4 Å². The number of imidazole rings is 1. The lowest BCUT2D eigenvalue weighted by Gasteiger charge is -2.11. The largest absolute Gasteiger partial charge is 0.497 e. The second-order valence-corrected chi connectivity index (χ2v) is 5.25. The third-order valence-electron chi connectivity index (χ3n) is 3.75. The average Bonchev–Trinajstić information content (AvgIpc) is 2.98. The van der Waals surface area contributed by atoms with Gasteiger partial charge in [-0.05, 0) is 12.8 Å². The second-order valence-electron chi connectivity index (χ2n) is 5.25. The highest BCUT2D eigenvalue weighted by atomic mass is 16.5. The van der Waals surface area contributed by atoms with E-state index in [1.165, 1.54) is 0 Å². The lowest BCUT2D eigenvalue weighted by molar-refractivity contribution is 0.102. The first kappa shape index (κ1) is 14.4. The molecule has 0 atom stereocenters. The van der Waals surface area contributed by atoms with E-state index >= 15 is 0 Å². The maximum absolute atomic E-state index is 12.4. The topological polar surface area (TPSA) is 65.4 Å². The van der Waals surface area contributed by atoms with E-state index in [0.29, 0.717) is 22.9 Å². The summed E-state index contributed by atoms with van der Waals surface area (Å²) in [4.78, 5) is 16.8. The van der Waals surface area contributed by atoms with Gasteiger partial charge in [0.25, 0.3) is 5.91 Å². The number of ether oxygens (including phenoxy) is 2. The van der Waals surface area contributed by atoms with Gasteiger partial charge in [0.1, 0.15) is 23.0 Å². The number of rotatable bonds is 4. The monoisotopic (exact) mass is 301 g/mol. The quantitative estimate of drug-likeness (QED) is 0.942. The van der Waals surface area contributed by atoms with Gasteiger partial charge in [-0.25, -0.2) is 4.98 Å². The van der Waals surface area contributed by atoms with Crippen LogP contribution < -0.4 is 14.8 Å². The fourth-order valence-electron chi connectivity index (χ4n) is 2.60. The van der Waals surface area contributed by atoms with Gasteiger partial charge in [0.15, 0.2) is 0 Å². The number of anilines is 1. The number of benzene rings is 1. The molecule has 1 N–H and O–H groups in total. The molecule has 0 saturated heterocycles. The standard InChI is InChI=1S/C16H19N3O3/c1-21-12-7-11(8-13(9-12)22-2)17-16(20)14-10-19-6-4-3-5-15(19)18-14/h7-10H,3-6H2,1-2H3,(H,17,20). The number of aromatic nitrogens is 2. The summed E-state index contributed by atoms with van der Waals surface area (Å²) in [6, 6.07) is 5.25. The van der Waals surface area contributed by atoms with Crippen LogP contribution in [0.25, 0.3) is 0 Å². The van der Waals surface area contributed by atoms with Crippen molar-refractivity contribution in [1.82, 2.24) is 9.55 Å². The van der Waals surface area contributed by atoms with Crippen molar-refractivity contribution in [2.24, 2.45) is 0 Å². The summed E-state index contributed by atoms with van der Waals surface area (Å²) in [6.45, 7) is 0.933. The van der Waals surface area contributed by atoms with Gasteiger partial charge in [0.05, 0.1) is 14.2 Å². The SMILES string of the molecule is COc1cc(NC(=O)c2cn3c(n2)CCCC3)cc(OC)c1. The zero-order valence-corrected chi connectivity index (χ0v) is 12.8. The fourth-order valence-corrected chi connectivity index (χ4v) is 2.60. The second kappa shape index (κ2) is 6.09. The van der Waals surface area contributed by atoms with Crippen molar-refractivity contribution < 1.29 is 14.3 Å². The van der Waals surface area contributed by atoms with E-state index in [2.05, 4.69) is 14.9 Å². The van der Waals surface area contributed by atoms with Gasteiger partial charge in [-0.15, -0.1) is 0 Å². The molecule has 1 aliphatic heterocycles. The molecule has 2 heterocycles. The van der Waals surface area contributed by atoms with Crippen molar-refractivity contribution in [3.63, 3.8) is 0 Å². The lowest BCUT2D eigenvalue weighted by Crippen LogP contribution is -2.12. The Labute approximate surface area is 129 Å². The van der Waals surface area contributed by atoms with E-state index < -0.39 is 0 Å². The number of amides is 1. The minimum Gasteiger partial charge on any atom is -0.497 e. The van der Waals surface area contributed by atoms with E-state index in [9.17, 15) is 4.79 Å². The van der Waals surface area contributed by atoms with Crippen LogP contribution in [-0.4, -0.2) is 29.7 Å². The molecule has 0 saturated carbocycles. The first-order valence-corrected chi connectivity index (χ1v) is 7.30. The maximum Gasteiger partial charge on any atom is 0.275 e. The summed E-state index contributed by atoms with van der Waals surface area (Å²) in [5, 5.41) is 2.84. The molecule has 0 aliphatic carbocycles. The van der Waals surface area contributed by atoms with Gasteiger partial charge in [0.2, 0.25) is 0 Å². The highest BCUT2D eigenvalue weighted by molar-refractivity contribution is 6.03. The van der Waals surface area contributed by atoms with Crippen LogP contribution in [0.2, 0.25) is 0 Å². The third-order valence-corrected chi connectivity index (χ3v) is 3.75. The van der Waals surface area contributed by atoms with E-state index in [1.807, 2.05) is 6.20 Å². The molecule has 1 aliphatic rings. The molecule has 116 valence electrons. The van der Waals surface area contributed by atoms with Crippen LogP contribution in [-0.2, 0) is 13.0 Å². The summed E-state index contributed by atoms with van der Waals surface area (Å²) < 4.78 is 12.5. The molecule has 0 unspecified atom stereocenters. The number of aryl methyl sites for hydroxylation is 2. The normalized spacial score (nSPS) is 13.4. The Morgan fingerprint density at radius 1 is 1.18 bits per heavy atom. The smallest absolute Gasteiger partial charge is 0.275 e. The molecule has 1 aromatic heterocycles. The molecular weight excluding hydrogens is 282 g/mol.